The second-order valence-electron chi connectivity index (χ2n) is 4.18. The third kappa shape index (κ3) is 3.83. The maximum Gasteiger partial charge on any atom is 0.145 e. The molecule has 0 radical (unpaired) electrons. The van der Waals surface area contributed by atoms with Gasteiger partial charge in [0.05, 0.1) is 17.6 Å². The molecule has 3 N–H and O–H groups in total. The average Bonchev–Trinajstić information content (AvgIpc) is 2.10. The molecule has 0 spiro atoms. The first-order valence-electron chi connectivity index (χ1n) is 5.31. The molecular weight excluding hydrogens is 188 g/mol. The number of nitrogens with two attached hydrogens (primary N) is 1. The number of nitrogens with one attached hydrogen (secondary N) is 1. The Balaban J connectivity index is 2.60. The Morgan fingerprint density at radius 3 is 2.53 bits per heavy atom. The summed E-state index contributed by atoms with van der Waals surface area (Å²) in [5.74, 6) is 0.825. The summed E-state index contributed by atoms with van der Waals surface area (Å²) in [4.78, 5) is 8.66. The fraction of sp³-hybridized carbons (Fsp3) is 0.636. The van der Waals surface area contributed by atoms with E-state index in [9.17, 15) is 0 Å². The van der Waals surface area contributed by atoms with Crippen molar-refractivity contribution >= 4 is 5.82 Å². The number of nitrogens with zero attached hydrogens (tertiary/aromatic N) is 2. The predicted molar refractivity (Wildman–Crippen MR) is 62.9 cm³/mol. The first-order valence-corrected chi connectivity index (χ1v) is 5.31. The van der Waals surface area contributed by atoms with Gasteiger partial charge in [0.15, 0.2) is 0 Å². The molecule has 0 bridgehead atoms. The van der Waals surface area contributed by atoms with E-state index in [1.54, 1.807) is 6.20 Å². The second kappa shape index (κ2) is 5.07. The average molecular weight is 208 g/mol. The van der Waals surface area contributed by atoms with E-state index < -0.39 is 0 Å². The highest BCUT2D eigenvalue weighted by Gasteiger charge is 2.06. The van der Waals surface area contributed by atoms with Crippen LogP contribution in [0, 0.1) is 13.8 Å². The summed E-state index contributed by atoms with van der Waals surface area (Å²) in [5, 5.41) is 3.29. The molecule has 1 rings (SSSR count). The number of hydrogen-bond acceptors (Lipinski definition) is 4. The fourth-order valence-corrected chi connectivity index (χ4v) is 1.48. The Morgan fingerprint density at radius 2 is 2.00 bits per heavy atom. The summed E-state index contributed by atoms with van der Waals surface area (Å²) < 4.78 is 0. The second-order valence-corrected chi connectivity index (χ2v) is 4.18. The van der Waals surface area contributed by atoms with Gasteiger partial charge in [-0.3, -0.25) is 4.98 Å². The van der Waals surface area contributed by atoms with Gasteiger partial charge in [0.1, 0.15) is 5.82 Å². The third-order valence-corrected chi connectivity index (χ3v) is 2.31. The van der Waals surface area contributed by atoms with Crippen LogP contribution in [0.25, 0.3) is 0 Å². The van der Waals surface area contributed by atoms with Crippen LogP contribution in [-0.2, 0) is 0 Å². The largest absolute Gasteiger partial charge is 0.366 e. The van der Waals surface area contributed by atoms with Gasteiger partial charge in [0.2, 0.25) is 0 Å². The SMILES string of the molecule is Cc1ncc(NC(C)CC(C)N)nc1C. The van der Waals surface area contributed by atoms with Gasteiger partial charge >= 0.3 is 0 Å². The van der Waals surface area contributed by atoms with E-state index in [1.165, 1.54) is 0 Å². The molecule has 0 amide bonds. The lowest BCUT2D eigenvalue weighted by atomic mass is 10.1. The lowest BCUT2D eigenvalue weighted by Crippen LogP contribution is -2.26. The van der Waals surface area contributed by atoms with Crippen LogP contribution in [0.4, 0.5) is 5.82 Å². The lowest BCUT2D eigenvalue weighted by molar-refractivity contribution is 0.603. The standard InChI is InChI=1S/C11H20N4/c1-7(12)5-8(2)14-11-6-13-9(3)10(4)15-11/h6-8H,5,12H2,1-4H3,(H,14,15). The monoisotopic (exact) mass is 208 g/mol. The molecule has 2 unspecified atom stereocenters. The van der Waals surface area contributed by atoms with Crippen LogP contribution in [0.5, 0.6) is 0 Å². The van der Waals surface area contributed by atoms with E-state index in [2.05, 4.69) is 22.2 Å². The molecule has 2 atom stereocenters. The minimum Gasteiger partial charge on any atom is -0.366 e. The van der Waals surface area contributed by atoms with Crippen LogP contribution >= 0.6 is 0 Å². The Morgan fingerprint density at radius 1 is 1.33 bits per heavy atom. The van der Waals surface area contributed by atoms with Crippen LogP contribution in [-0.4, -0.2) is 22.1 Å². The van der Waals surface area contributed by atoms with Crippen molar-refractivity contribution in [2.75, 3.05) is 5.32 Å². The number of aromatic nitrogens is 2. The number of anilines is 1. The minimum atomic E-state index is 0.201. The molecule has 0 saturated carbocycles. The molecule has 15 heavy (non-hydrogen) atoms. The van der Waals surface area contributed by atoms with Crippen molar-refractivity contribution in [1.29, 1.82) is 0 Å². The van der Waals surface area contributed by atoms with Gasteiger partial charge in [-0.2, -0.15) is 0 Å². The van der Waals surface area contributed by atoms with Gasteiger partial charge in [0.25, 0.3) is 0 Å². The van der Waals surface area contributed by atoms with Gasteiger partial charge in [0, 0.05) is 12.1 Å². The van der Waals surface area contributed by atoms with Crippen LogP contribution in [0.15, 0.2) is 6.20 Å². The highest BCUT2D eigenvalue weighted by atomic mass is 15.0. The number of rotatable bonds is 4. The zero-order valence-corrected chi connectivity index (χ0v) is 9.91. The number of hydrogen-bond donors (Lipinski definition) is 2. The predicted octanol–water partition coefficient (Wildman–Crippen LogP) is 1.63. The molecule has 1 aromatic heterocycles. The van der Waals surface area contributed by atoms with Crippen molar-refractivity contribution in [2.45, 2.75) is 46.2 Å². The summed E-state index contributed by atoms with van der Waals surface area (Å²) in [6, 6.07) is 0.522. The fourth-order valence-electron chi connectivity index (χ4n) is 1.48. The van der Waals surface area contributed by atoms with Crippen LogP contribution in [0.2, 0.25) is 0 Å². The topological polar surface area (TPSA) is 63.8 Å². The molecule has 0 aliphatic rings. The summed E-state index contributed by atoms with van der Waals surface area (Å²) >= 11 is 0. The Kier molecular flexibility index (Phi) is 4.03. The smallest absolute Gasteiger partial charge is 0.145 e. The maximum atomic E-state index is 5.72. The van der Waals surface area contributed by atoms with Crippen molar-refractivity contribution in [3.05, 3.63) is 17.6 Å². The Labute approximate surface area is 91.3 Å². The molecule has 4 nitrogen and oxygen atoms in total. The van der Waals surface area contributed by atoms with Crippen molar-refractivity contribution in [1.82, 2.24) is 9.97 Å². The molecule has 0 aromatic carbocycles. The molecule has 84 valence electrons. The van der Waals surface area contributed by atoms with E-state index in [4.69, 9.17) is 5.73 Å². The summed E-state index contributed by atoms with van der Waals surface area (Å²) in [6.45, 7) is 8.02. The number of aryl methyl sites for hydroxylation is 2. The van der Waals surface area contributed by atoms with Crippen molar-refractivity contribution < 1.29 is 0 Å². The van der Waals surface area contributed by atoms with Gasteiger partial charge < -0.3 is 11.1 Å². The van der Waals surface area contributed by atoms with Crippen LogP contribution in [0.1, 0.15) is 31.7 Å². The van der Waals surface area contributed by atoms with Gasteiger partial charge in [-0.25, -0.2) is 4.98 Å². The summed E-state index contributed by atoms with van der Waals surface area (Å²) in [6.07, 6.45) is 2.69. The Hall–Kier alpha value is -1.16. The quantitative estimate of drug-likeness (QED) is 0.789. The third-order valence-electron chi connectivity index (χ3n) is 2.31. The molecule has 0 saturated heterocycles. The van der Waals surface area contributed by atoms with E-state index in [1.807, 2.05) is 20.8 Å². The minimum absolute atomic E-state index is 0.201. The highest BCUT2D eigenvalue weighted by Crippen LogP contribution is 2.08. The van der Waals surface area contributed by atoms with E-state index >= 15 is 0 Å². The van der Waals surface area contributed by atoms with Crippen molar-refractivity contribution in [3.8, 4) is 0 Å². The van der Waals surface area contributed by atoms with Gasteiger partial charge in [-0.15, -0.1) is 0 Å². The normalized spacial score (nSPS) is 14.7. The zero-order chi connectivity index (χ0) is 11.4. The van der Waals surface area contributed by atoms with Crippen LogP contribution in [0.3, 0.4) is 0 Å². The van der Waals surface area contributed by atoms with Gasteiger partial charge in [-0.05, 0) is 34.1 Å². The summed E-state index contributed by atoms with van der Waals surface area (Å²) in [7, 11) is 0. The zero-order valence-electron chi connectivity index (χ0n) is 9.91. The van der Waals surface area contributed by atoms with Crippen molar-refractivity contribution in [3.63, 3.8) is 0 Å². The molecule has 4 heteroatoms. The molecule has 0 aliphatic carbocycles. The molecule has 0 aliphatic heterocycles. The van der Waals surface area contributed by atoms with E-state index in [0.717, 1.165) is 23.6 Å². The first-order chi connectivity index (χ1) is 6.99. The van der Waals surface area contributed by atoms with E-state index in [-0.39, 0.29) is 6.04 Å². The van der Waals surface area contributed by atoms with Gasteiger partial charge in [-0.1, -0.05) is 0 Å². The van der Waals surface area contributed by atoms with Crippen LogP contribution < -0.4 is 11.1 Å². The molecule has 1 heterocycles. The maximum absolute atomic E-state index is 5.72. The lowest BCUT2D eigenvalue weighted by Gasteiger charge is -2.16. The first kappa shape index (κ1) is 11.9. The van der Waals surface area contributed by atoms with Crippen molar-refractivity contribution in [2.24, 2.45) is 5.73 Å². The Bertz CT molecular complexity index is 322. The molecule has 0 fully saturated rings. The van der Waals surface area contributed by atoms with E-state index in [0.29, 0.717) is 6.04 Å². The summed E-state index contributed by atoms with van der Waals surface area (Å²) in [5.41, 5.74) is 7.66. The highest BCUT2D eigenvalue weighted by molar-refractivity contribution is 5.34. The molecule has 1 aromatic rings. The molecular formula is C11H20N4.